The second-order valence-corrected chi connectivity index (χ2v) is 5.15. The molecule has 0 amide bonds. The van der Waals surface area contributed by atoms with Gasteiger partial charge in [-0.25, -0.2) is 0 Å². The number of hydrogen-bond donors (Lipinski definition) is 2. The molecule has 0 aliphatic heterocycles. The van der Waals surface area contributed by atoms with Crippen LogP contribution in [0.3, 0.4) is 0 Å². The molecule has 112 valence electrons. The Morgan fingerprint density at radius 1 is 1.11 bits per heavy atom. The fourth-order valence-electron chi connectivity index (χ4n) is 1.98. The highest BCUT2D eigenvalue weighted by Gasteiger charge is 2.26. The van der Waals surface area contributed by atoms with Crippen LogP contribution in [-0.2, 0) is 9.59 Å². The van der Waals surface area contributed by atoms with Crippen LogP contribution < -0.4 is 0 Å². The molecule has 0 aliphatic carbocycles. The summed E-state index contributed by atoms with van der Waals surface area (Å²) in [6.07, 6.45) is 1.30. The molecule has 0 rings (SSSR count). The third-order valence-corrected chi connectivity index (χ3v) is 3.09. The molecule has 0 aromatic carbocycles. The number of aliphatic carboxylic acids is 2. The summed E-state index contributed by atoms with van der Waals surface area (Å²) in [5, 5.41) is 18.2. The number of hydrogen-bond acceptors (Lipinski definition) is 4. The van der Waals surface area contributed by atoms with Crippen LogP contribution in [0.2, 0.25) is 0 Å². The number of nitrogens with zero attached hydrogens (tertiary/aromatic N) is 2. The van der Waals surface area contributed by atoms with Crippen molar-refractivity contribution >= 4 is 11.9 Å². The third-order valence-electron chi connectivity index (χ3n) is 3.09. The van der Waals surface area contributed by atoms with E-state index in [0.29, 0.717) is 13.0 Å². The zero-order valence-electron chi connectivity index (χ0n) is 12.3. The first-order valence-corrected chi connectivity index (χ1v) is 6.64. The highest BCUT2D eigenvalue weighted by Crippen LogP contribution is 2.10. The van der Waals surface area contributed by atoms with Crippen LogP contribution in [0.25, 0.3) is 0 Å². The molecule has 0 aromatic heterocycles. The van der Waals surface area contributed by atoms with Crippen LogP contribution in [0, 0.1) is 5.92 Å². The van der Waals surface area contributed by atoms with Crippen molar-refractivity contribution in [3.63, 3.8) is 0 Å². The molecule has 0 fully saturated rings. The van der Waals surface area contributed by atoms with E-state index >= 15 is 0 Å². The van der Waals surface area contributed by atoms with Gasteiger partial charge in [0.05, 0.1) is 5.92 Å². The minimum absolute atomic E-state index is 0.271. The monoisotopic (exact) mass is 274 g/mol. The van der Waals surface area contributed by atoms with Gasteiger partial charge < -0.3 is 15.1 Å². The fraction of sp³-hybridized carbons (Fsp3) is 0.846. The lowest BCUT2D eigenvalue weighted by molar-refractivity contribution is -0.147. The molecule has 2 unspecified atom stereocenters. The molecule has 0 radical (unpaired) electrons. The lowest BCUT2D eigenvalue weighted by atomic mass is 10.1. The van der Waals surface area contributed by atoms with Gasteiger partial charge in [-0.1, -0.05) is 13.8 Å². The van der Waals surface area contributed by atoms with E-state index < -0.39 is 23.9 Å². The predicted octanol–water partition coefficient (Wildman–Crippen LogP) is 0.824. The molecule has 0 aromatic rings. The molecule has 0 aliphatic rings. The lowest BCUT2D eigenvalue weighted by Crippen LogP contribution is -2.45. The van der Waals surface area contributed by atoms with E-state index in [0.717, 1.165) is 13.0 Å². The molecule has 0 heterocycles. The quantitative estimate of drug-likeness (QED) is 0.614. The molecule has 2 N–H and O–H groups in total. The van der Waals surface area contributed by atoms with Crippen molar-refractivity contribution in [3.05, 3.63) is 0 Å². The van der Waals surface area contributed by atoms with Crippen LogP contribution in [0.1, 0.15) is 26.7 Å². The van der Waals surface area contributed by atoms with Gasteiger partial charge in [-0.05, 0) is 33.5 Å². The number of carboxylic acids is 2. The third kappa shape index (κ3) is 7.12. The van der Waals surface area contributed by atoms with Gasteiger partial charge in [-0.15, -0.1) is 0 Å². The first-order valence-electron chi connectivity index (χ1n) is 6.64. The zero-order chi connectivity index (χ0) is 15.0. The summed E-state index contributed by atoms with van der Waals surface area (Å²) in [5.74, 6) is -2.34. The molecule has 0 saturated heterocycles. The van der Waals surface area contributed by atoms with E-state index in [1.54, 1.807) is 11.8 Å². The molecule has 2 atom stereocenters. The van der Waals surface area contributed by atoms with E-state index in [9.17, 15) is 14.7 Å². The van der Waals surface area contributed by atoms with Crippen LogP contribution in [-0.4, -0.2) is 71.7 Å². The van der Waals surface area contributed by atoms with Crippen LogP contribution in [0.4, 0.5) is 0 Å². The lowest BCUT2D eigenvalue weighted by Gasteiger charge is -2.29. The van der Waals surface area contributed by atoms with Crippen LogP contribution in [0.5, 0.6) is 0 Å². The highest BCUT2D eigenvalue weighted by molar-refractivity contribution is 5.74. The van der Waals surface area contributed by atoms with Crippen molar-refractivity contribution in [3.8, 4) is 0 Å². The first-order chi connectivity index (χ1) is 8.79. The Balaban J connectivity index is 4.61. The maximum absolute atomic E-state index is 11.2. The van der Waals surface area contributed by atoms with Gasteiger partial charge >= 0.3 is 11.9 Å². The van der Waals surface area contributed by atoms with Gasteiger partial charge in [0.15, 0.2) is 0 Å². The Morgan fingerprint density at radius 2 is 1.68 bits per heavy atom. The Labute approximate surface area is 115 Å². The van der Waals surface area contributed by atoms with Crippen molar-refractivity contribution in [2.24, 2.45) is 5.92 Å². The largest absolute Gasteiger partial charge is 0.481 e. The van der Waals surface area contributed by atoms with Crippen molar-refractivity contribution < 1.29 is 19.8 Å². The van der Waals surface area contributed by atoms with E-state index in [-0.39, 0.29) is 6.54 Å². The second-order valence-electron chi connectivity index (χ2n) is 5.15. The summed E-state index contributed by atoms with van der Waals surface area (Å²) < 4.78 is 0. The molecule has 6 nitrogen and oxygen atoms in total. The first kappa shape index (κ1) is 17.9. The summed E-state index contributed by atoms with van der Waals surface area (Å²) in [6, 6.07) is -0.607. The second kappa shape index (κ2) is 8.87. The number of carbonyl (C=O) groups is 2. The topological polar surface area (TPSA) is 81.1 Å². The fourth-order valence-corrected chi connectivity index (χ4v) is 1.98. The molecule has 0 saturated carbocycles. The van der Waals surface area contributed by atoms with Gasteiger partial charge in [0, 0.05) is 13.1 Å². The Morgan fingerprint density at radius 3 is 2.05 bits per heavy atom. The summed E-state index contributed by atoms with van der Waals surface area (Å²) >= 11 is 0. The van der Waals surface area contributed by atoms with Gasteiger partial charge in [-0.2, -0.15) is 0 Å². The molecular formula is C13H26N2O4. The van der Waals surface area contributed by atoms with Crippen molar-refractivity contribution in [1.82, 2.24) is 9.80 Å². The van der Waals surface area contributed by atoms with Crippen LogP contribution >= 0.6 is 0 Å². The van der Waals surface area contributed by atoms with E-state index in [1.165, 1.54) is 0 Å². The standard InChI is InChI=1S/C13H26N2O4/c1-5-11(13(18)19)15(8-6-7-14(3)4)9-10(2)12(16)17/h10-11H,5-9H2,1-4H3,(H,16,17)(H,18,19). The molecular weight excluding hydrogens is 248 g/mol. The van der Waals surface area contributed by atoms with Crippen molar-refractivity contribution in [1.29, 1.82) is 0 Å². The Hall–Kier alpha value is -1.14. The SMILES string of the molecule is CCC(C(=O)O)N(CCCN(C)C)CC(C)C(=O)O. The normalized spacial score (nSPS) is 14.6. The zero-order valence-corrected chi connectivity index (χ0v) is 12.3. The summed E-state index contributed by atoms with van der Waals surface area (Å²) in [7, 11) is 3.91. The van der Waals surface area contributed by atoms with Gasteiger partial charge in [0.1, 0.15) is 6.04 Å². The molecule has 6 heteroatoms. The summed E-state index contributed by atoms with van der Waals surface area (Å²) in [4.78, 5) is 25.9. The van der Waals surface area contributed by atoms with Crippen molar-refractivity contribution in [2.75, 3.05) is 33.7 Å². The van der Waals surface area contributed by atoms with E-state index in [4.69, 9.17) is 5.11 Å². The minimum Gasteiger partial charge on any atom is -0.481 e. The molecule has 19 heavy (non-hydrogen) atoms. The average Bonchev–Trinajstić information content (AvgIpc) is 2.28. The Bertz CT molecular complexity index is 294. The number of carboxylic acid groups (broad SMARTS) is 2. The number of rotatable bonds is 10. The Kier molecular flexibility index (Phi) is 8.34. The summed E-state index contributed by atoms with van der Waals surface area (Å²) in [5.41, 5.74) is 0. The smallest absolute Gasteiger partial charge is 0.320 e. The predicted molar refractivity (Wildman–Crippen MR) is 73.3 cm³/mol. The maximum atomic E-state index is 11.2. The van der Waals surface area contributed by atoms with Gasteiger partial charge in [0.25, 0.3) is 0 Å². The highest BCUT2D eigenvalue weighted by atomic mass is 16.4. The molecule has 0 bridgehead atoms. The summed E-state index contributed by atoms with van der Waals surface area (Å²) in [6.45, 7) is 5.14. The van der Waals surface area contributed by atoms with E-state index in [2.05, 4.69) is 0 Å². The van der Waals surface area contributed by atoms with Gasteiger partial charge in [-0.3, -0.25) is 14.5 Å². The molecule has 0 spiro atoms. The maximum Gasteiger partial charge on any atom is 0.320 e. The van der Waals surface area contributed by atoms with Crippen molar-refractivity contribution in [2.45, 2.75) is 32.7 Å². The van der Waals surface area contributed by atoms with E-state index in [1.807, 2.05) is 25.9 Å². The van der Waals surface area contributed by atoms with Gasteiger partial charge in [0.2, 0.25) is 0 Å². The average molecular weight is 274 g/mol. The minimum atomic E-state index is -0.891. The van der Waals surface area contributed by atoms with Crippen LogP contribution in [0.15, 0.2) is 0 Å².